The summed E-state index contributed by atoms with van der Waals surface area (Å²) >= 11 is 53.7. The highest BCUT2D eigenvalue weighted by Gasteiger charge is 2.39. The number of carbonyl (C=O) groups is 5. The number of amides is 2. The van der Waals surface area contributed by atoms with Crippen molar-refractivity contribution in [3.8, 4) is 56.3 Å². The van der Waals surface area contributed by atoms with E-state index in [-0.39, 0.29) is 91.3 Å². The predicted molar refractivity (Wildman–Crippen MR) is 504 cm³/mol. The number of carboxylic acids is 1. The van der Waals surface area contributed by atoms with Gasteiger partial charge in [0, 0.05) is 56.3 Å². The van der Waals surface area contributed by atoms with Gasteiger partial charge in [-0.15, -0.1) is 0 Å². The molecule has 0 spiro atoms. The standard InChI is InChI=1S/C26H26ClFN2O3.C23H21Cl2FN2O3.C17H16Cl2FNO3.C16H14Cl2FNO3.C15H12Cl2FNO2/c1-17(2)23-13-20(14-24(29-23)19-10-11-22(28)21(27)12-19)26(3,16-32-4)30-25(31)33-15-18-8-6-5-7-9-18;1-23(14-30-2,28-22(29)31-13-15-6-4-3-5-7-15)17-11-20(27-21(25)12-17)16-8-9-19(26)18(24)10-16;1-17(9-23-2,16(22)24-3)11-7-14(21-15(19)8-11)10-4-5-13(20)12(18)6-10;1-16(8-23-2,15(21)22)10-6-13(20-14(18)7-10)9-3-4-12(19)11(17)5-9;1-8(15(20)21-2)10-6-13(19-14(17)7-10)9-3-4-12(18)11(16)5-9/h5-14H,1,15-16H2,2-4H3,(H,30,31);3-12H,13-14H2,1-2H3,(H,28,29);4-8H,9H2,1-3H3;3-7H,8H2,1-2H3,(H,21,22);3-8H,1-2H3. The molecule has 0 saturated carbocycles. The molecular weight excluding hydrogens is 1900 g/mol. The Morgan fingerprint density at radius 1 is 0.386 bits per heavy atom. The zero-order chi connectivity index (χ0) is 97.1. The topological polar surface area (TPSA) is 268 Å². The van der Waals surface area contributed by atoms with Crippen molar-refractivity contribution >= 4 is 140 Å². The highest BCUT2D eigenvalue weighted by atomic mass is 35.5. The van der Waals surface area contributed by atoms with Crippen LogP contribution in [-0.2, 0) is 87.4 Å². The molecule has 5 aromatic heterocycles. The highest BCUT2D eigenvalue weighted by molar-refractivity contribution is 6.33. The molecule has 0 fully saturated rings. The van der Waals surface area contributed by atoms with Crippen LogP contribution < -0.4 is 10.6 Å². The number of aromatic nitrogens is 5. The number of alkyl carbamates (subject to hydrolysis) is 2. The molecule has 12 aromatic rings. The first-order valence-electron chi connectivity index (χ1n) is 39.5. The summed E-state index contributed by atoms with van der Waals surface area (Å²) < 4.78 is 108. The highest BCUT2D eigenvalue weighted by Crippen LogP contribution is 2.39. The van der Waals surface area contributed by atoms with Gasteiger partial charge in [0.15, 0.2) is 0 Å². The summed E-state index contributed by atoms with van der Waals surface area (Å²) in [6, 6.07) is 56.7. The number of ether oxygens (including phenoxy) is 8. The number of rotatable bonds is 28. The molecule has 21 nitrogen and oxygen atoms in total. The van der Waals surface area contributed by atoms with Gasteiger partial charge in [-0.2, -0.15) is 0 Å². The van der Waals surface area contributed by atoms with Gasteiger partial charge < -0.3 is 53.6 Å². The average molecular weight is 1990 g/mol. The quantitative estimate of drug-likeness (QED) is 0.0178. The Kier molecular flexibility index (Phi) is 39.6. The first-order chi connectivity index (χ1) is 62.5. The number of allylic oxidation sites excluding steroid dienone is 1. The number of pyridine rings is 5. The Balaban J connectivity index is 0.000000205. The molecule has 5 atom stereocenters. The van der Waals surface area contributed by atoms with Gasteiger partial charge in [-0.1, -0.05) is 172 Å². The third kappa shape index (κ3) is 29.3. The van der Waals surface area contributed by atoms with Crippen LogP contribution in [0.1, 0.15) is 92.1 Å². The Bertz CT molecular complexity index is 6110. The summed E-state index contributed by atoms with van der Waals surface area (Å²) in [6.07, 6.45) is -1.19. The van der Waals surface area contributed by atoms with Crippen LogP contribution in [0.25, 0.3) is 61.9 Å². The van der Waals surface area contributed by atoms with E-state index in [0.717, 1.165) is 22.3 Å². The minimum atomic E-state index is -1.29. The fraction of sp³-hybridized carbons (Fsp3) is 0.237. The van der Waals surface area contributed by atoms with Crippen LogP contribution in [0.3, 0.4) is 0 Å². The Morgan fingerprint density at radius 2 is 0.689 bits per heavy atom. The molecule has 0 saturated heterocycles. The van der Waals surface area contributed by atoms with E-state index in [1.54, 1.807) is 88.5 Å². The van der Waals surface area contributed by atoms with Crippen molar-refractivity contribution in [2.24, 2.45) is 0 Å². The molecule has 0 aliphatic carbocycles. The van der Waals surface area contributed by atoms with Crippen LogP contribution in [0, 0.1) is 29.1 Å². The molecule has 35 heteroatoms. The van der Waals surface area contributed by atoms with Gasteiger partial charge in [-0.3, -0.25) is 14.4 Å². The molecule has 0 bridgehead atoms. The van der Waals surface area contributed by atoms with E-state index in [4.69, 9.17) is 142 Å². The van der Waals surface area contributed by atoms with Crippen molar-refractivity contribution < 1.29 is 88.9 Å². The number of aliphatic carboxylic acids is 1. The number of benzene rings is 7. The summed E-state index contributed by atoms with van der Waals surface area (Å²) in [6.45, 7) is 15.0. The lowest BCUT2D eigenvalue weighted by Crippen LogP contribution is -2.47. The zero-order valence-corrected chi connectivity index (χ0v) is 79.8. The average Bonchev–Trinajstić information content (AvgIpc) is 0.787. The third-order valence-corrected chi connectivity index (χ3v) is 22.4. The molecule has 7 aromatic carbocycles. The predicted octanol–water partition coefficient (Wildman–Crippen LogP) is 25.3. The largest absolute Gasteiger partial charge is 0.481 e. The van der Waals surface area contributed by atoms with Crippen LogP contribution in [0.2, 0.25) is 45.7 Å². The van der Waals surface area contributed by atoms with Crippen LogP contribution in [-0.4, -0.2) is 129 Å². The maximum absolute atomic E-state index is 13.7. The molecule has 12 rings (SSSR count). The van der Waals surface area contributed by atoms with E-state index in [1.165, 1.54) is 121 Å². The Labute approximate surface area is 805 Å². The summed E-state index contributed by atoms with van der Waals surface area (Å²) in [5.74, 6) is -4.99. The Hall–Kier alpha value is -10.9. The zero-order valence-electron chi connectivity index (χ0n) is 73.0. The van der Waals surface area contributed by atoms with Crippen LogP contribution in [0.5, 0.6) is 0 Å². The van der Waals surface area contributed by atoms with Crippen molar-refractivity contribution in [3.05, 3.63) is 338 Å². The third-order valence-electron chi connectivity index (χ3n) is 20.2. The summed E-state index contributed by atoms with van der Waals surface area (Å²) in [7, 11) is 8.62. The van der Waals surface area contributed by atoms with E-state index in [2.05, 4.69) is 42.1 Å². The summed E-state index contributed by atoms with van der Waals surface area (Å²) in [5, 5.41) is 15.9. The monoisotopic (exact) mass is 1990 g/mol. The van der Waals surface area contributed by atoms with Gasteiger partial charge in [-0.25, -0.2) is 56.5 Å². The fourth-order valence-electron chi connectivity index (χ4n) is 12.9. The molecule has 2 amide bonds. The molecule has 5 heterocycles. The number of hydrogen-bond donors (Lipinski definition) is 3. The number of nitrogens with zero attached hydrogens (tertiary/aromatic N) is 5. The van der Waals surface area contributed by atoms with Crippen molar-refractivity contribution in [3.63, 3.8) is 0 Å². The van der Waals surface area contributed by atoms with E-state index >= 15 is 0 Å². The smallest absolute Gasteiger partial charge is 0.408 e. The van der Waals surface area contributed by atoms with Crippen LogP contribution in [0.4, 0.5) is 31.5 Å². The molecule has 0 aliphatic rings. The minimum absolute atomic E-state index is 0.00107. The van der Waals surface area contributed by atoms with Gasteiger partial charge in [0.1, 0.15) is 73.7 Å². The van der Waals surface area contributed by atoms with Crippen molar-refractivity contribution in [2.75, 3.05) is 69.1 Å². The second kappa shape index (κ2) is 49.2. The van der Waals surface area contributed by atoms with E-state index in [9.17, 15) is 51.0 Å². The molecule has 694 valence electrons. The number of nitrogens with one attached hydrogen (secondary N) is 2. The lowest BCUT2D eigenvalue weighted by Gasteiger charge is -2.31. The van der Waals surface area contributed by atoms with Crippen molar-refractivity contribution in [2.45, 2.75) is 82.6 Å². The number of methoxy groups -OCH3 is 6. The number of hydrogen-bond acceptors (Lipinski definition) is 18. The second-order valence-electron chi connectivity index (χ2n) is 30.3. The first kappa shape index (κ1) is 106. The lowest BCUT2D eigenvalue weighted by atomic mass is 9.83. The minimum Gasteiger partial charge on any atom is -0.481 e. The molecule has 5 unspecified atom stereocenters. The van der Waals surface area contributed by atoms with E-state index in [0.29, 0.717) is 84.2 Å². The second-order valence-corrected chi connectivity index (χ2v) is 33.9. The number of carboxylic acid groups (broad SMARTS) is 1. The van der Waals surface area contributed by atoms with Crippen LogP contribution in [0.15, 0.2) is 219 Å². The Morgan fingerprint density at radius 3 is 1.01 bits per heavy atom. The van der Waals surface area contributed by atoms with Crippen molar-refractivity contribution in [1.29, 1.82) is 0 Å². The van der Waals surface area contributed by atoms with Gasteiger partial charge >= 0.3 is 30.1 Å². The van der Waals surface area contributed by atoms with Gasteiger partial charge in [-0.05, 0) is 238 Å². The summed E-state index contributed by atoms with van der Waals surface area (Å²) in [5.41, 5.74) is 7.26. The van der Waals surface area contributed by atoms with Gasteiger partial charge in [0.25, 0.3) is 0 Å². The van der Waals surface area contributed by atoms with Crippen molar-refractivity contribution in [1.82, 2.24) is 35.6 Å². The number of halogens is 14. The molecule has 3 N–H and O–H groups in total. The van der Waals surface area contributed by atoms with E-state index < -0.39 is 81.0 Å². The van der Waals surface area contributed by atoms with E-state index in [1.807, 2.05) is 86.6 Å². The number of esters is 2. The SMILES string of the molecule is C=C(C)c1cc(C(C)(COC)NC(=O)OCc2ccccc2)cc(-c2ccc(F)c(Cl)c2)n1.COC(=O)C(C)c1cc(Cl)nc(-c2ccc(F)c(Cl)c2)c1.COCC(C)(C(=O)O)c1cc(Cl)nc(-c2ccc(F)c(Cl)c2)c1.COCC(C)(C(=O)OC)c1cc(Cl)nc(-c2ccc(F)c(Cl)c2)c1.COCC(C)(NC(=O)OCc1ccccc1)c1cc(Cl)nc(-c2ccc(F)c(Cl)c2)c1. The normalized spacial score (nSPS) is 12.9. The molecule has 0 radical (unpaired) electrons. The molecule has 0 aliphatic heterocycles. The maximum atomic E-state index is 13.7. The van der Waals surface area contributed by atoms with Gasteiger partial charge in [0.05, 0.1) is 117 Å². The summed E-state index contributed by atoms with van der Waals surface area (Å²) in [4.78, 5) is 82.2. The fourth-order valence-corrected chi connectivity index (χ4v) is 14.6. The maximum Gasteiger partial charge on any atom is 0.408 e. The molecular formula is C97H89Cl9F5N7O14. The first-order valence-corrected chi connectivity index (χ1v) is 42.9. The number of carbonyl (C=O) groups excluding carboxylic acids is 4. The van der Waals surface area contributed by atoms with Crippen LogP contribution >= 0.6 is 104 Å². The lowest BCUT2D eigenvalue weighted by molar-refractivity contribution is -0.149. The van der Waals surface area contributed by atoms with Gasteiger partial charge in [0.2, 0.25) is 0 Å². The molecule has 132 heavy (non-hydrogen) atoms.